The number of aldehydes is 1. The molecular formula is C20H24O. The molecule has 0 aliphatic carbocycles. The molecule has 0 aliphatic rings. The zero-order valence-electron chi connectivity index (χ0n) is 13.4. The Kier molecular flexibility index (Phi) is 4.32. The lowest BCUT2D eigenvalue weighted by Gasteiger charge is -2.25. The molecule has 2 rings (SSSR count). The SMILES string of the molecule is CC(C)(C)c1ccc(CC(C)(C=O)c2ccccc2)cc1. The third-order valence-corrected chi connectivity index (χ3v) is 4.08. The third kappa shape index (κ3) is 3.60. The molecule has 2 aromatic carbocycles. The Morgan fingerprint density at radius 1 is 0.810 bits per heavy atom. The monoisotopic (exact) mass is 280 g/mol. The first kappa shape index (κ1) is 15.5. The lowest BCUT2D eigenvalue weighted by molar-refractivity contribution is -0.112. The Balaban J connectivity index is 2.25. The molecule has 110 valence electrons. The van der Waals surface area contributed by atoms with E-state index in [1.807, 2.05) is 37.3 Å². The molecule has 0 aliphatic heterocycles. The number of carbonyl (C=O) groups is 1. The van der Waals surface area contributed by atoms with Gasteiger partial charge < -0.3 is 4.79 Å². The molecule has 0 spiro atoms. The summed E-state index contributed by atoms with van der Waals surface area (Å²) in [7, 11) is 0. The van der Waals surface area contributed by atoms with Crippen molar-refractivity contribution in [2.75, 3.05) is 0 Å². The van der Waals surface area contributed by atoms with E-state index in [2.05, 4.69) is 45.0 Å². The van der Waals surface area contributed by atoms with Crippen LogP contribution in [0.1, 0.15) is 44.4 Å². The van der Waals surface area contributed by atoms with Crippen LogP contribution in [0.5, 0.6) is 0 Å². The predicted octanol–water partition coefficient (Wildman–Crippen LogP) is 4.68. The van der Waals surface area contributed by atoms with Crippen LogP contribution in [0.2, 0.25) is 0 Å². The molecule has 1 unspecified atom stereocenters. The van der Waals surface area contributed by atoms with Crippen molar-refractivity contribution in [1.29, 1.82) is 0 Å². The summed E-state index contributed by atoms with van der Waals surface area (Å²) in [5, 5.41) is 0. The minimum Gasteiger partial charge on any atom is -0.302 e. The van der Waals surface area contributed by atoms with Crippen molar-refractivity contribution in [2.24, 2.45) is 0 Å². The van der Waals surface area contributed by atoms with Crippen molar-refractivity contribution < 1.29 is 4.79 Å². The Hall–Kier alpha value is -1.89. The normalized spacial score (nSPS) is 14.5. The molecule has 1 atom stereocenters. The van der Waals surface area contributed by atoms with E-state index in [1.165, 1.54) is 11.1 Å². The molecule has 1 heteroatoms. The minimum atomic E-state index is -0.468. The highest BCUT2D eigenvalue weighted by Crippen LogP contribution is 2.28. The van der Waals surface area contributed by atoms with E-state index in [9.17, 15) is 4.79 Å². The van der Waals surface area contributed by atoms with Crippen molar-refractivity contribution in [3.63, 3.8) is 0 Å². The van der Waals surface area contributed by atoms with Crippen LogP contribution in [0, 0.1) is 0 Å². The van der Waals surface area contributed by atoms with E-state index in [-0.39, 0.29) is 5.41 Å². The van der Waals surface area contributed by atoms with Crippen LogP contribution >= 0.6 is 0 Å². The molecule has 0 bridgehead atoms. The fourth-order valence-electron chi connectivity index (χ4n) is 2.58. The van der Waals surface area contributed by atoms with Gasteiger partial charge in [-0.3, -0.25) is 0 Å². The molecule has 0 amide bonds. The van der Waals surface area contributed by atoms with Crippen LogP contribution in [0.25, 0.3) is 0 Å². The highest BCUT2D eigenvalue weighted by Gasteiger charge is 2.26. The first-order valence-corrected chi connectivity index (χ1v) is 7.46. The number of hydrogen-bond donors (Lipinski definition) is 0. The molecule has 1 nitrogen and oxygen atoms in total. The van der Waals surface area contributed by atoms with Crippen molar-refractivity contribution in [2.45, 2.75) is 44.9 Å². The summed E-state index contributed by atoms with van der Waals surface area (Å²) in [6.07, 6.45) is 1.80. The van der Waals surface area contributed by atoms with Gasteiger partial charge in [0.25, 0.3) is 0 Å². The summed E-state index contributed by atoms with van der Waals surface area (Å²) in [6, 6.07) is 18.6. The van der Waals surface area contributed by atoms with Gasteiger partial charge in [0.2, 0.25) is 0 Å². The number of rotatable bonds is 4. The van der Waals surface area contributed by atoms with Gasteiger partial charge in [-0.15, -0.1) is 0 Å². The van der Waals surface area contributed by atoms with Crippen molar-refractivity contribution in [1.82, 2.24) is 0 Å². The highest BCUT2D eigenvalue weighted by molar-refractivity contribution is 5.68. The molecule has 0 saturated heterocycles. The molecule has 0 aromatic heterocycles. The smallest absolute Gasteiger partial charge is 0.130 e. The summed E-state index contributed by atoms with van der Waals surface area (Å²) in [5.41, 5.74) is 3.27. The first-order chi connectivity index (χ1) is 9.85. The molecular weight excluding hydrogens is 256 g/mol. The topological polar surface area (TPSA) is 17.1 Å². The quantitative estimate of drug-likeness (QED) is 0.743. The standard InChI is InChI=1S/C20H24O/c1-19(2,3)17-12-10-16(11-13-17)14-20(4,15-21)18-8-6-5-7-9-18/h5-13,15H,14H2,1-4H3. The van der Waals surface area contributed by atoms with Crippen LogP contribution in [-0.2, 0) is 22.0 Å². The van der Waals surface area contributed by atoms with E-state index in [0.29, 0.717) is 0 Å². The largest absolute Gasteiger partial charge is 0.302 e. The molecule has 0 saturated carbocycles. The van der Waals surface area contributed by atoms with Crippen molar-refractivity contribution in [3.8, 4) is 0 Å². The lowest BCUT2D eigenvalue weighted by atomic mass is 9.78. The summed E-state index contributed by atoms with van der Waals surface area (Å²) < 4.78 is 0. The van der Waals surface area contributed by atoms with Gasteiger partial charge in [-0.1, -0.05) is 75.4 Å². The summed E-state index contributed by atoms with van der Waals surface area (Å²) in [5.74, 6) is 0. The van der Waals surface area contributed by atoms with E-state index in [1.54, 1.807) is 0 Å². The number of hydrogen-bond acceptors (Lipinski definition) is 1. The van der Waals surface area contributed by atoms with Gasteiger partial charge in [-0.05, 0) is 35.4 Å². The molecule has 0 heterocycles. The van der Waals surface area contributed by atoms with Crippen molar-refractivity contribution in [3.05, 3.63) is 71.3 Å². The predicted molar refractivity (Wildman–Crippen MR) is 88.7 cm³/mol. The van der Waals surface area contributed by atoms with E-state index in [0.717, 1.165) is 18.3 Å². The van der Waals surface area contributed by atoms with Crippen molar-refractivity contribution >= 4 is 6.29 Å². The Morgan fingerprint density at radius 2 is 1.38 bits per heavy atom. The fourth-order valence-corrected chi connectivity index (χ4v) is 2.58. The fraction of sp³-hybridized carbons (Fsp3) is 0.350. The highest BCUT2D eigenvalue weighted by atomic mass is 16.1. The number of benzene rings is 2. The maximum absolute atomic E-state index is 11.7. The second kappa shape index (κ2) is 5.85. The van der Waals surface area contributed by atoms with Gasteiger partial charge in [0, 0.05) is 0 Å². The maximum Gasteiger partial charge on any atom is 0.130 e. The van der Waals surface area contributed by atoms with Gasteiger partial charge in [-0.2, -0.15) is 0 Å². The van der Waals surface area contributed by atoms with Gasteiger partial charge in [0.05, 0.1) is 5.41 Å². The van der Waals surface area contributed by atoms with Gasteiger partial charge >= 0.3 is 0 Å². The van der Waals surface area contributed by atoms with Crippen LogP contribution in [-0.4, -0.2) is 6.29 Å². The lowest BCUT2D eigenvalue weighted by Crippen LogP contribution is -2.26. The molecule has 0 N–H and O–H groups in total. The van der Waals surface area contributed by atoms with E-state index >= 15 is 0 Å². The summed E-state index contributed by atoms with van der Waals surface area (Å²) in [4.78, 5) is 11.7. The maximum atomic E-state index is 11.7. The Morgan fingerprint density at radius 3 is 1.86 bits per heavy atom. The van der Waals surface area contributed by atoms with Crippen LogP contribution < -0.4 is 0 Å². The zero-order valence-corrected chi connectivity index (χ0v) is 13.4. The van der Waals surface area contributed by atoms with E-state index in [4.69, 9.17) is 0 Å². The Bertz CT molecular complexity index is 590. The average molecular weight is 280 g/mol. The molecule has 21 heavy (non-hydrogen) atoms. The molecule has 0 fully saturated rings. The zero-order chi connectivity index (χ0) is 15.5. The molecule has 2 aromatic rings. The Labute approximate surface area is 128 Å². The minimum absolute atomic E-state index is 0.159. The van der Waals surface area contributed by atoms with Crippen LogP contribution in [0.15, 0.2) is 54.6 Å². The second-order valence-electron chi connectivity index (χ2n) is 7.03. The third-order valence-electron chi connectivity index (χ3n) is 4.08. The number of carbonyl (C=O) groups excluding carboxylic acids is 1. The summed E-state index contributed by atoms with van der Waals surface area (Å²) >= 11 is 0. The van der Waals surface area contributed by atoms with E-state index < -0.39 is 5.41 Å². The summed E-state index contributed by atoms with van der Waals surface area (Å²) in [6.45, 7) is 8.64. The second-order valence-corrected chi connectivity index (χ2v) is 7.03. The van der Waals surface area contributed by atoms with Gasteiger partial charge in [0.15, 0.2) is 0 Å². The van der Waals surface area contributed by atoms with Crippen LogP contribution in [0.4, 0.5) is 0 Å². The van der Waals surface area contributed by atoms with Gasteiger partial charge in [-0.25, -0.2) is 0 Å². The molecule has 0 radical (unpaired) electrons. The average Bonchev–Trinajstić information content (AvgIpc) is 2.47. The van der Waals surface area contributed by atoms with Gasteiger partial charge in [0.1, 0.15) is 6.29 Å². The first-order valence-electron chi connectivity index (χ1n) is 7.46. The van der Waals surface area contributed by atoms with Crippen LogP contribution in [0.3, 0.4) is 0 Å².